The number of benzene rings is 2. The van der Waals surface area contributed by atoms with Crippen LogP contribution < -0.4 is 0 Å². The van der Waals surface area contributed by atoms with Gasteiger partial charge < -0.3 is 0 Å². The number of hydrogen-bond acceptors (Lipinski definition) is 2. The van der Waals surface area contributed by atoms with E-state index in [1.165, 1.54) is 47.1 Å². The molecular weight excluding hydrogens is 310 g/mol. The summed E-state index contributed by atoms with van der Waals surface area (Å²) in [6.45, 7) is 0. The van der Waals surface area contributed by atoms with Crippen LogP contribution in [-0.2, 0) is 0 Å². The summed E-state index contributed by atoms with van der Waals surface area (Å²) in [5, 5.41) is 4.24. The van der Waals surface area contributed by atoms with Crippen LogP contribution in [0.15, 0.2) is 48.5 Å². The lowest BCUT2D eigenvalue weighted by Gasteiger charge is -2.02. The van der Waals surface area contributed by atoms with E-state index in [2.05, 4.69) is 5.10 Å². The average Bonchev–Trinajstić information content (AvgIpc) is 2.85. The summed E-state index contributed by atoms with van der Waals surface area (Å²) in [5.74, 6) is -0.914. The fourth-order valence-corrected chi connectivity index (χ4v) is 2.39. The Bertz CT molecular complexity index is 844. The molecule has 3 nitrogen and oxygen atoms in total. The zero-order chi connectivity index (χ0) is 15.7. The summed E-state index contributed by atoms with van der Waals surface area (Å²) >= 11 is 6.16. The summed E-state index contributed by atoms with van der Waals surface area (Å²) in [7, 11) is 0. The van der Waals surface area contributed by atoms with E-state index in [4.69, 9.17) is 11.6 Å². The van der Waals surface area contributed by atoms with E-state index in [-0.39, 0.29) is 22.0 Å². The Morgan fingerprint density at radius 3 is 2.36 bits per heavy atom. The monoisotopic (exact) mass is 318 g/mol. The number of carbonyl (C=O) groups is 1. The van der Waals surface area contributed by atoms with Gasteiger partial charge in [-0.15, -0.1) is 0 Å². The van der Waals surface area contributed by atoms with Gasteiger partial charge in [0.25, 0.3) is 0 Å². The van der Waals surface area contributed by atoms with Crippen LogP contribution in [0.25, 0.3) is 16.9 Å². The van der Waals surface area contributed by atoms with Crippen molar-refractivity contribution in [3.8, 4) is 16.9 Å². The van der Waals surface area contributed by atoms with E-state index in [1.54, 1.807) is 6.07 Å². The molecule has 1 aromatic heterocycles. The van der Waals surface area contributed by atoms with Crippen LogP contribution in [-0.4, -0.2) is 16.1 Å². The molecule has 1 heterocycles. The van der Waals surface area contributed by atoms with Crippen molar-refractivity contribution in [1.29, 1.82) is 0 Å². The van der Waals surface area contributed by atoms with Crippen LogP contribution in [0.1, 0.15) is 10.4 Å². The van der Waals surface area contributed by atoms with Gasteiger partial charge in [0, 0.05) is 5.56 Å². The minimum atomic E-state index is -0.508. The van der Waals surface area contributed by atoms with E-state index < -0.39 is 11.6 Å². The average molecular weight is 319 g/mol. The van der Waals surface area contributed by atoms with Crippen molar-refractivity contribution in [2.45, 2.75) is 0 Å². The lowest BCUT2D eigenvalue weighted by molar-refractivity contribution is 0.112. The molecule has 0 aliphatic carbocycles. The Morgan fingerprint density at radius 2 is 1.73 bits per heavy atom. The molecule has 0 fully saturated rings. The van der Waals surface area contributed by atoms with E-state index >= 15 is 0 Å². The Hall–Kier alpha value is -2.53. The number of aromatic nitrogens is 2. The highest BCUT2D eigenvalue weighted by Gasteiger charge is 2.20. The molecule has 0 unspecified atom stereocenters. The molecule has 0 atom stereocenters. The second-order valence-electron chi connectivity index (χ2n) is 4.54. The summed E-state index contributed by atoms with van der Waals surface area (Å²) in [6, 6.07) is 11.4. The predicted molar refractivity (Wildman–Crippen MR) is 79.3 cm³/mol. The van der Waals surface area contributed by atoms with Gasteiger partial charge in [0.15, 0.2) is 6.29 Å². The third-order valence-electron chi connectivity index (χ3n) is 3.18. The molecule has 0 amide bonds. The zero-order valence-electron chi connectivity index (χ0n) is 11.1. The van der Waals surface area contributed by atoms with E-state index in [1.807, 2.05) is 0 Å². The third-order valence-corrected chi connectivity index (χ3v) is 3.55. The Kier molecular flexibility index (Phi) is 3.73. The lowest BCUT2D eigenvalue weighted by Crippen LogP contribution is -1.97. The number of halogens is 3. The number of nitrogens with zero attached hydrogens (tertiary/aromatic N) is 2. The summed E-state index contributed by atoms with van der Waals surface area (Å²) in [5.41, 5.74) is 0.864. The van der Waals surface area contributed by atoms with Gasteiger partial charge in [-0.05, 0) is 36.4 Å². The van der Waals surface area contributed by atoms with Gasteiger partial charge in [0.2, 0.25) is 0 Å². The minimum absolute atomic E-state index is 0.0415. The van der Waals surface area contributed by atoms with Gasteiger partial charge in [-0.1, -0.05) is 23.7 Å². The first-order valence-corrected chi connectivity index (χ1v) is 6.74. The van der Waals surface area contributed by atoms with Gasteiger partial charge in [0.05, 0.1) is 11.3 Å². The Labute approximate surface area is 129 Å². The molecule has 0 saturated carbocycles. The van der Waals surface area contributed by atoms with Crippen molar-refractivity contribution in [3.05, 3.63) is 70.9 Å². The van der Waals surface area contributed by atoms with Gasteiger partial charge in [0.1, 0.15) is 22.5 Å². The fraction of sp³-hybridized carbons (Fsp3) is 0. The lowest BCUT2D eigenvalue weighted by atomic mass is 10.1. The molecule has 3 rings (SSSR count). The van der Waals surface area contributed by atoms with Crippen LogP contribution in [0.5, 0.6) is 0 Å². The molecule has 0 N–H and O–H groups in total. The van der Waals surface area contributed by atoms with Crippen molar-refractivity contribution in [2.24, 2.45) is 0 Å². The van der Waals surface area contributed by atoms with E-state index in [9.17, 15) is 13.6 Å². The molecule has 2 aromatic carbocycles. The summed E-state index contributed by atoms with van der Waals surface area (Å²) < 4.78 is 28.2. The highest BCUT2D eigenvalue weighted by atomic mass is 35.5. The molecule has 0 aliphatic heterocycles. The molecule has 22 heavy (non-hydrogen) atoms. The van der Waals surface area contributed by atoms with Crippen LogP contribution in [0.2, 0.25) is 5.15 Å². The van der Waals surface area contributed by atoms with Gasteiger partial charge in [-0.2, -0.15) is 5.10 Å². The van der Waals surface area contributed by atoms with Gasteiger partial charge >= 0.3 is 0 Å². The number of hydrogen-bond donors (Lipinski definition) is 0. The number of rotatable bonds is 3. The first-order valence-electron chi connectivity index (χ1n) is 6.36. The summed E-state index contributed by atoms with van der Waals surface area (Å²) in [6.07, 6.45) is 0.525. The van der Waals surface area contributed by atoms with E-state index in [0.29, 0.717) is 12.0 Å². The van der Waals surface area contributed by atoms with Crippen molar-refractivity contribution >= 4 is 17.9 Å². The molecule has 6 heteroatoms. The van der Waals surface area contributed by atoms with Crippen LogP contribution >= 0.6 is 11.6 Å². The maximum atomic E-state index is 13.9. The topological polar surface area (TPSA) is 34.9 Å². The fourth-order valence-electron chi connectivity index (χ4n) is 2.12. The number of carbonyl (C=O) groups excluding carboxylic acids is 1. The third kappa shape index (κ3) is 2.40. The first kappa shape index (κ1) is 14.4. The second-order valence-corrected chi connectivity index (χ2v) is 4.90. The summed E-state index contributed by atoms with van der Waals surface area (Å²) in [4.78, 5) is 11.3. The molecule has 0 saturated heterocycles. The Morgan fingerprint density at radius 1 is 1.05 bits per heavy atom. The molecule has 3 aromatic rings. The van der Waals surface area contributed by atoms with Crippen molar-refractivity contribution in [3.63, 3.8) is 0 Å². The van der Waals surface area contributed by atoms with Crippen LogP contribution in [0.4, 0.5) is 8.78 Å². The Balaban J connectivity index is 2.21. The molecule has 0 spiro atoms. The van der Waals surface area contributed by atoms with Gasteiger partial charge in [-0.3, -0.25) is 4.79 Å². The van der Waals surface area contributed by atoms with Crippen molar-refractivity contribution in [1.82, 2.24) is 9.78 Å². The van der Waals surface area contributed by atoms with Crippen molar-refractivity contribution < 1.29 is 13.6 Å². The molecule has 0 radical (unpaired) electrons. The minimum Gasteiger partial charge on any atom is -0.298 e. The largest absolute Gasteiger partial charge is 0.298 e. The SMILES string of the molecule is O=Cc1c(-c2ccccc2F)nn(-c2ccc(F)cc2)c1Cl. The smallest absolute Gasteiger partial charge is 0.155 e. The van der Waals surface area contributed by atoms with Crippen LogP contribution in [0, 0.1) is 11.6 Å². The predicted octanol–water partition coefficient (Wildman–Crippen LogP) is 4.28. The van der Waals surface area contributed by atoms with Crippen LogP contribution in [0.3, 0.4) is 0 Å². The maximum Gasteiger partial charge on any atom is 0.155 e. The standard InChI is InChI=1S/C16H9ClF2N2O/c17-16-13(9-22)15(12-3-1-2-4-14(12)19)20-21(16)11-7-5-10(18)6-8-11/h1-9H. The highest BCUT2D eigenvalue weighted by molar-refractivity contribution is 6.32. The van der Waals surface area contributed by atoms with Gasteiger partial charge in [-0.25, -0.2) is 13.5 Å². The second kappa shape index (κ2) is 5.69. The normalized spacial score (nSPS) is 10.7. The molecular formula is C16H9ClF2N2O. The van der Waals surface area contributed by atoms with Crippen molar-refractivity contribution in [2.75, 3.05) is 0 Å². The number of aldehydes is 1. The molecule has 0 bridgehead atoms. The highest BCUT2D eigenvalue weighted by Crippen LogP contribution is 2.30. The molecule has 0 aliphatic rings. The molecule has 110 valence electrons. The maximum absolute atomic E-state index is 13.9. The first-order chi connectivity index (χ1) is 10.6. The zero-order valence-corrected chi connectivity index (χ0v) is 11.9. The quantitative estimate of drug-likeness (QED) is 0.675. The van der Waals surface area contributed by atoms with E-state index in [0.717, 1.165) is 0 Å².